The summed E-state index contributed by atoms with van der Waals surface area (Å²) in [5, 5.41) is 11.2. The summed E-state index contributed by atoms with van der Waals surface area (Å²) in [7, 11) is 0. The van der Waals surface area contributed by atoms with Crippen LogP contribution in [0.15, 0.2) is 17.9 Å². The van der Waals surface area contributed by atoms with Crippen LogP contribution in [0, 0.1) is 26.7 Å². The average molecular weight is 347 g/mol. The maximum absolute atomic E-state index is 12.8. The number of hydrogen-bond donors (Lipinski definition) is 1. The fourth-order valence-electron chi connectivity index (χ4n) is 3.85. The van der Waals surface area contributed by atoms with Gasteiger partial charge in [0.1, 0.15) is 5.76 Å². The molecule has 1 aromatic carbocycles. The normalized spacial score (nSPS) is 19.7. The van der Waals surface area contributed by atoms with Crippen molar-refractivity contribution in [2.75, 3.05) is 5.75 Å². The molecule has 0 aromatic heterocycles. The number of aliphatic hydroxyl groups excluding tert-OH is 1. The summed E-state index contributed by atoms with van der Waals surface area (Å²) in [6.07, 6.45) is 3.37. The van der Waals surface area contributed by atoms with E-state index in [2.05, 4.69) is 32.9 Å². The molecular weight excluding hydrogens is 316 g/mol. The Morgan fingerprint density at radius 1 is 1.21 bits per heavy atom. The second kappa shape index (κ2) is 8.24. The van der Waals surface area contributed by atoms with Crippen molar-refractivity contribution in [2.24, 2.45) is 5.92 Å². The third kappa shape index (κ3) is 4.44. The number of ketones is 1. The van der Waals surface area contributed by atoms with E-state index in [1.165, 1.54) is 12.0 Å². The molecule has 0 spiro atoms. The van der Waals surface area contributed by atoms with E-state index in [0.29, 0.717) is 29.4 Å². The van der Waals surface area contributed by atoms with Crippen LogP contribution in [0.3, 0.4) is 0 Å². The van der Waals surface area contributed by atoms with E-state index in [9.17, 15) is 9.90 Å². The van der Waals surface area contributed by atoms with Crippen LogP contribution in [0.1, 0.15) is 61.8 Å². The number of thioether (sulfide) groups is 1. The molecule has 0 saturated heterocycles. The summed E-state index contributed by atoms with van der Waals surface area (Å²) < 4.78 is 0. The minimum absolute atomic E-state index is 0.103. The Morgan fingerprint density at radius 2 is 1.83 bits per heavy atom. The molecule has 132 valence electrons. The van der Waals surface area contributed by atoms with Gasteiger partial charge in [-0.15, -0.1) is 0 Å². The standard InChI is InChI=1S/C21H30O2S/c1-6-7-24-16(5)10-17-11-18(22)21(19(23)12-17)20-14(3)8-13(2)9-15(20)4/h8-9,16-17,22H,6-7,10-12H2,1-5H3. The van der Waals surface area contributed by atoms with Crippen LogP contribution in [0.25, 0.3) is 5.57 Å². The fraction of sp³-hybridized carbons (Fsp3) is 0.571. The third-order valence-corrected chi connectivity index (χ3v) is 6.13. The molecule has 3 heteroatoms. The smallest absolute Gasteiger partial charge is 0.167 e. The van der Waals surface area contributed by atoms with Crippen LogP contribution in [-0.2, 0) is 4.79 Å². The Morgan fingerprint density at radius 3 is 2.38 bits per heavy atom. The van der Waals surface area contributed by atoms with Crippen molar-refractivity contribution >= 4 is 23.1 Å². The van der Waals surface area contributed by atoms with Gasteiger partial charge >= 0.3 is 0 Å². The molecular formula is C21H30O2S. The van der Waals surface area contributed by atoms with E-state index < -0.39 is 0 Å². The van der Waals surface area contributed by atoms with E-state index in [1.54, 1.807) is 0 Å². The fourth-order valence-corrected chi connectivity index (χ4v) is 4.90. The van der Waals surface area contributed by atoms with Gasteiger partial charge in [0.2, 0.25) is 0 Å². The van der Waals surface area contributed by atoms with Gasteiger partial charge in [-0.05, 0) is 62.0 Å². The van der Waals surface area contributed by atoms with Crippen LogP contribution in [0.2, 0.25) is 0 Å². The maximum atomic E-state index is 12.8. The minimum Gasteiger partial charge on any atom is -0.512 e. The van der Waals surface area contributed by atoms with E-state index in [4.69, 9.17) is 0 Å². The van der Waals surface area contributed by atoms with Gasteiger partial charge in [0, 0.05) is 18.1 Å². The van der Waals surface area contributed by atoms with Gasteiger partial charge in [-0.25, -0.2) is 0 Å². The summed E-state index contributed by atoms with van der Waals surface area (Å²) in [6, 6.07) is 4.18. The zero-order chi connectivity index (χ0) is 17.9. The van der Waals surface area contributed by atoms with Crippen molar-refractivity contribution in [2.45, 2.75) is 65.6 Å². The Bertz CT molecular complexity index is 622. The number of hydrogen-bond acceptors (Lipinski definition) is 3. The van der Waals surface area contributed by atoms with Crippen LogP contribution < -0.4 is 0 Å². The number of rotatable bonds is 6. The number of allylic oxidation sites excluding steroid dienone is 2. The van der Waals surface area contributed by atoms with Crippen molar-refractivity contribution in [1.29, 1.82) is 0 Å². The molecule has 0 amide bonds. The molecule has 24 heavy (non-hydrogen) atoms. The molecule has 0 saturated carbocycles. The zero-order valence-corrected chi connectivity index (χ0v) is 16.4. The lowest BCUT2D eigenvalue weighted by Crippen LogP contribution is -2.22. The molecule has 0 radical (unpaired) electrons. The first-order valence-corrected chi connectivity index (χ1v) is 10.0. The second-order valence-corrected chi connectivity index (χ2v) is 8.76. The number of aliphatic hydroxyl groups is 1. The molecule has 0 bridgehead atoms. The summed E-state index contributed by atoms with van der Waals surface area (Å²) in [6.45, 7) is 10.5. The van der Waals surface area contributed by atoms with E-state index in [-0.39, 0.29) is 11.7 Å². The molecule has 0 heterocycles. The highest BCUT2D eigenvalue weighted by atomic mass is 32.2. The van der Waals surface area contributed by atoms with Gasteiger partial charge < -0.3 is 5.11 Å². The monoisotopic (exact) mass is 346 g/mol. The molecule has 1 aromatic rings. The third-order valence-electron chi connectivity index (χ3n) is 4.72. The van der Waals surface area contributed by atoms with E-state index >= 15 is 0 Å². The summed E-state index contributed by atoms with van der Waals surface area (Å²) >= 11 is 1.97. The van der Waals surface area contributed by atoms with Crippen LogP contribution >= 0.6 is 11.8 Å². The van der Waals surface area contributed by atoms with Gasteiger partial charge in [0.05, 0.1) is 5.57 Å². The average Bonchev–Trinajstić information content (AvgIpc) is 2.47. The predicted octanol–water partition coefficient (Wildman–Crippen LogP) is 5.78. The molecule has 0 aliphatic heterocycles. The molecule has 0 fully saturated rings. The van der Waals surface area contributed by atoms with Gasteiger partial charge in [0.15, 0.2) is 5.78 Å². The molecule has 1 aliphatic rings. The minimum atomic E-state index is 0.103. The second-order valence-electron chi connectivity index (χ2n) is 7.21. The van der Waals surface area contributed by atoms with Gasteiger partial charge in [0.25, 0.3) is 0 Å². The molecule has 2 nitrogen and oxygen atoms in total. The highest BCUT2D eigenvalue weighted by molar-refractivity contribution is 7.99. The highest BCUT2D eigenvalue weighted by Crippen LogP contribution is 2.37. The lowest BCUT2D eigenvalue weighted by atomic mass is 9.80. The van der Waals surface area contributed by atoms with E-state index in [0.717, 1.165) is 28.9 Å². The van der Waals surface area contributed by atoms with Crippen molar-refractivity contribution in [3.8, 4) is 0 Å². The first kappa shape index (κ1) is 19.1. The number of carbonyl (C=O) groups is 1. The lowest BCUT2D eigenvalue weighted by Gasteiger charge is -2.27. The molecule has 2 atom stereocenters. The Labute approximate surface area is 150 Å². The van der Waals surface area contributed by atoms with Crippen molar-refractivity contribution < 1.29 is 9.90 Å². The lowest BCUT2D eigenvalue weighted by molar-refractivity contribution is -0.115. The Balaban J connectivity index is 2.22. The van der Waals surface area contributed by atoms with Crippen LogP contribution in [0.4, 0.5) is 0 Å². The zero-order valence-electron chi connectivity index (χ0n) is 15.6. The van der Waals surface area contributed by atoms with Gasteiger partial charge in [-0.2, -0.15) is 11.8 Å². The van der Waals surface area contributed by atoms with Gasteiger partial charge in [-0.1, -0.05) is 31.5 Å². The number of aryl methyl sites for hydroxylation is 3. The molecule has 1 aliphatic carbocycles. The molecule has 1 N–H and O–H groups in total. The number of benzene rings is 1. The highest BCUT2D eigenvalue weighted by Gasteiger charge is 2.30. The first-order valence-electron chi connectivity index (χ1n) is 8.98. The van der Waals surface area contributed by atoms with Crippen molar-refractivity contribution in [1.82, 2.24) is 0 Å². The maximum Gasteiger partial charge on any atom is 0.167 e. The summed E-state index contributed by atoms with van der Waals surface area (Å²) in [5.41, 5.74) is 4.85. The topological polar surface area (TPSA) is 37.3 Å². The van der Waals surface area contributed by atoms with Gasteiger partial charge in [-0.3, -0.25) is 4.79 Å². The van der Waals surface area contributed by atoms with Crippen LogP contribution in [0.5, 0.6) is 0 Å². The van der Waals surface area contributed by atoms with Crippen molar-refractivity contribution in [3.63, 3.8) is 0 Å². The van der Waals surface area contributed by atoms with E-state index in [1.807, 2.05) is 25.6 Å². The Kier molecular flexibility index (Phi) is 6.56. The van der Waals surface area contributed by atoms with Crippen LogP contribution in [-0.4, -0.2) is 21.9 Å². The van der Waals surface area contributed by atoms with Crippen molar-refractivity contribution in [3.05, 3.63) is 40.1 Å². The SMILES string of the molecule is CCCSC(C)CC1CC(=O)C(c2c(C)cc(C)cc2C)=C(O)C1. The summed E-state index contributed by atoms with van der Waals surface area (Å²) in [4.78, 5) is 12.8. The predicted molar refractivity (Wildman–Crippen MR) is 105 cm³/mol. The first-order chi connectivity index (χ1) is 11.3. The Hall–Kier alpha value is -1.22. The summed E-state index contributed by atoms with van der Waals surface area (Å²) in [5.74, 6) is 1.83. The molecule has 2 unspecified atom stereocenters. The number of carbonyl (C=O) groups excluding carboxylic acids is 1. The number of Topliss-reactive ketones (excluding diaryl/α,β-unsaturated/α-hetero) is 1. The molecule has 2 rings (SSSR count). The largest absolute Gasteiger partial charge is 0.512 e. The quantitative estimate of drug-likeness (QED) is 0.709.